The summed E-state index contributed by atoms with van der Waals surface area (Å²) in [7, 11) is 1.80. The van der Waals surface area contributed by atoms with Gasteiger partial charge in [-0.15, -0.1) is 0 Å². The molecule has 0 bridgehead atoms. The van der Waals surface area contributed by atoms with Crippen molar-refractivity contribution in [2.24, 2.45) is 0 Å². The second kappa shape index (κ2) is 8.05. The molecule has 0 unspecified atom stereocenters. The van der Waals surface area contributed by atoms with Gasteiger partial charge in [0.05, 0.1) is 6.54 Å². The fourth-order valence-corrected chi connectivity index (χ4v) is 3.02. The second-order valence-corrected chi connectivity index (χ2v) is 6.80. The Morgan fingerprint density at radius 3 is 2.54 bits per heavy atom. The molecular formula is C19H19FN4OS. The van der Waals surface area contributed by atoms with E-state index < -0.39 is 0 Å². The average molecular weight is 370 g/mol. The van der Waals surface area contributed by atoms with Gasteiger partial charge in [0.25, 0.3) is 0 Å². The molecule has 7 heteroatoms. The lowest BCUT2D eigenvalue weighted by atomic mass is 10.1. The van der Waals surface area contributed by atoms with Gasteiger partial charge in [0, 0.05) is 30.7 Å². The minimum Gasteiger partial charge on any atom is -0.341 e. The number of rotatable bonds is 6. The van der Waals surface area contributed by atoms with Crippen molar-refractivity contribution in [2.45, 2.75) is 13.3 Å². The summed E-state index contributed by atoms with van der Waals surface area (Å²) in [5.41, 5.74) is 2.85. The van der Waals surface area contributed by atoms with Gasteiger partial charge >= 0.3 is 0 Å². The average Bonchev–Trinajstić information content (AvgIpc) is 3.08. The van der Waals surface area contributed by atoms with Crippen molar-refractivity contribution in [1.82, 2.24) is 9.36 Å². The number of hydrogen-bond donors (Lipinski definition) is 1. The number of nitrogens with zero attached hydrogens (tertiary/aromatic N) is 3. The topological polar surface area (TPSA) is 58.1 Å². The highest BCUT2D eigenvalue weighted by Crippen LogP contribution is 2.18. The Kier molecular flexibility index (Phi) is 5.58. The largest absolute Gasteiger partial charge is 0.341 e. The third kappa shape index (κ3) is 4.86. The summed E-state index contributed by atoms with van der Waals surface area (Å²) in [6, 6.07) is 13.9. The molecule has 0 aliphatic heterocycles. The lowest BCUT2D eigenvalue weighted by Crippen LogP contribution is -2.30. The van der Waals surface area contributed by atoms with Crippen molar-refractivity contribution in [1.29, 1.82) is 0 Å². The number of amides is 1. The summed E-state index contributed by atoms with van der Waals surface area (Å²) in [4.78, 5) is 18.4. The van der Waals surface area contributed by atoms with Crippen LogP contribution in [0.1, 0.15) is 17.0 Å². The van der Waals surface area contributed by atoms with Crippen LogP contribution < -0.4 is 10.2 Å². The van der Waals surface area contributed by atoms with Crippen molar-refractivity contribution < 1.29 is 9.18 Å². The fourth-order valence-electron chi connectivity index (χ4n) is 2.38. The van der Waals surface area contributed by atoms with E-state index in [1.54, 1.807) is 24.1 Å². The van der Waals surface area contributed by atoms with Crippen LogP contribution in [0.25, 0.3) is 0 Å². The first kappa shape index (κ1) is 18.0. The number of halogens is 1. The normalized spacial score (nSPS) is 10.6. The lowest BCUT2D eigenvalue weighted by Gasteiger charge is -2.14. The van der Waals surface area contributed by atoms with Crippen molar-refractivity contribution in [3.8, 4) is 0 Å². The summed E-state index contributed by atoms with van der Waals surface area (Å²) >= 11 is 1.24. The molecule has 0 saturated heterocycles. The summed E-state index contributed by atoms with van der Waals surface area (Å²) in [6.07, 6.45) is 0.528. The fraction of sp³-hybridized carbons (Fsp3) is 0.211. The van der Waals surface area contributed by atoms with Gasteiger partial charge in [0.15, 0.2) is 0 Å². The molecule has 1 aromatic heterocycles. The maximum atomic E-state index is 13.0. The third-order valence-electron chi connectivity index (χ3n) is 3.78. The van der Waals surface area contributed by atoms with Gasteiger partial charge in [-0.3, -0.25) is 4.79 Å². The third-order valence-corrected chi connectivity index (χ3v) is 4.64. The maximum absolute atomic E-state index is 13.0. The van der Waals surface area contributed by atoms with Crippen molar-refractivity contribution in [3.63, 3.8) is 0 Å². The Labute approximate surface area is 155 Å². The number of anilines is 2. The Morgan fingerprint density at radius 2 is 1.85 bits per heavy atom. The minimum atomic E-state index is -0.264. The predicted octanol–water partition coefficient (Wildman–Crippen LogP) is 3.65. The maximum Gasteiger partial charge on any atom is 0.243 e. The summed E-state index contributed by atoms with van der Waals surface area (Å²) in [5, 5.41) is 3.53. The number of benzene rings is 2. The van der Waals surface area contributed by atoms with Crippen LogP contribution in [0.2, 0.25) is 0 Å². The van der Waals surface area contributed by atoms with Crippen LogP contribution >= 0.6 is 11.5 Å². The van der Waals surface area contributed by atoms with Crippen LogP contribution in [0.5, 0.6) is 0 Å². The number of aryl methyl sites for hydroxylation is 1. The zero-order valence-corrected chi connectivity index (χ0v) is 15.4. The lowest BCUT2D eigenvalue weighted by molar-refractivity contribution is -0.114. The van der Waals surface area contributed by atoms with E-state index >= 15 is 0 Å². The van der Waals surface area contributed by atoms with Gasteiger partial charge in [0.2, 0.25) is 11.0 Å². The molecule has 3 aromatic rings. The zero-order valence-electron chi connectivity index (χ0n) is 14.6. The van der Waals surface area contributed by atoms with E-state index in [2.05, 4.69) is 14.7 Å². The van der Waals surface area contributed by atoms with E-state index in [9.17, 15) is 9.18 Å². The van der Waals surface area contributed by atoms with Crippen LogP contribution in [-0.4, -0.2) is 28.9 Å². The summed E-state index contributed by atoms with van der Waals surface area (Å²) in [5.74, 6) is 0.272. The molecule has 5 nitrogen and oxygen atoms in total. The van der Waals surface area contributed by atoms with Crippen LogP contribution in [-0.2, 0) is 11.2 Å². The molecular weight excluding hydrogens is 351 g/mol. The van der Waals surface area contributed by atoms with E-state index in [1.165, 1.54) is 23.7 Å². The number of nitrogens with one attached hydrogen (secondary N) is 1. The quantitative estimate of drug-likeness (QED) is 0.720. The van der Waals surface area contributed by atoms with Crippen LogP contribution in [0.4, 0.5) is 15.2 Å². The molecule has 0 aliphatic carbocycles. The number of aromatic nitrogens is 2. The monoisotopic (exact) mass is 370 g/mol. The van der Waals surface area contributed by atoms with Gasteiger partial charge in [-0.25, -0.2) is 9.37 Å². The van der Waals surface area contributed by atoms with Gasteiger partial charge in [0.1, 0.15) is 11.6 Å². The van der Waals surface area contributed by atoms with Crippen LogP contribution in [0.3, 0.4) is 0 Å². The first-order valence-electron chi connectivity index (χ1n) is 8.14. The molecule has 1 amide bonds. The molecule has 134 valence electrons. The number of carbonyl (C=O) groups is 1. The Morgan fingerprint density at radius 1 is 1.15 bits per heavy atom. The first-order chi connectivity index (χ1) is 12.5. The standard InChI is InChI=1S/C19H19FN4OS/c1-13-3-9-16(10-4-13)21-18(25)12-24(2)19-22-17(23-26-19)11-14-5-7-15(20)8-6-14/h3-10H,11-12H2,1-2H3,(H,21,25). The molecule has 26 heavy (non-hydrogen) atoms. The van der Waals surface area contributed by atoms with Gasteiger partial charge in [-0.2, -0.15) is 4.37 Å². The van der Waals surface area contributed by atoms with E-state index in [0.29, 0.717) is 17.4 Å². The SMILES string of the molecule is Cc1ccc(NC(=O)CN(C)c2nc(Cc3ccc(F)cc3)ns2)cc1. The zero-order chi connectivity index (χ0) is 18.5. The smallest absolute Gasteiger partial charge is 0.243 e. The van der Waals surface area contributed by atoms with E-state index in [4.69, 9.17) is 0 Å². The Balaban J connectivity index is 1.57. The number of likely N-dealkylation sites (N-methyl/N-ethyl adjacent to an activating group) is 1. The number of hydrogen-bond acceptors (Lipinski definition) is 5. The van der Waals surface area contributed by atoms with Crippen molar-refractivity contribution >= 4 is 28.3 Å². The molecule has 0 atom stereocenters. The highest BCUT2D eigenvalue weighted by atomic mass is 32.1. The molecule has 1 heterocycles. The van der Waals surface area contributed by atoms with E-state index in [0.717, 1.165) is 16.8 Å². The van der Waals surface area contributed by atoms with Gasteiger partial charge in [-0.05, 0) is 36.8 Å². The van der Waals surface area contributed by atoms with Gasteiger partial charge in [-0.1, -0.05) is 29.8 Å². The molecule has 0 radical (unpaired) electrons. The summed E-state index contributed by atoms with van der Waals surface area (Å²) < 4.78 is 17.3. The molecule has 0 saturated carbocycles. The Bertz CT molecular complexity index is 877. The van der Waals surface area contributed by atoms with Crippen LogP contribution in [0.15, 0.2) is 48.5 Å². The molecule has 0 spiro atoms. The molecule has 0 aliphatic rings. The first-order valence-corrected chi connectivity index (χ1v) is 8.91. The predicted molar refractivity (Wildman–Crippen MR) is 102 cm³/mol. The van der Waals surface area contributed by atoms with Gasteiger partial charge < -0.3 is 10.2 Å². The number of carbonyl (C=O) groups excluding carboxylic acids is 1. The Hall–Kier alpha value is -2.80. The summed E-state index contributed by atoms with van der Waals surface area (Å²) in [6.45, 7) is 2.18. The molecule has 1 N–H and O–H groups in total. The van der Waals surface area contributed by atoms with E-state index in [-0.39, 0.29) is 18.3 Å². The van der Waals surface area contributed by atoms with Crippen molar-refractivity contribution in [3.05, 3.63) is 71.3 Å². The van der Waals surface area contributed by atoms with E-state index in [1.807, 2.05) is 31.2 Å². The highest BCUT2D eigenvalue weighted by Gasteiger charge is 2.13. The van der Waals surface area contributed by atoms with Crippen LogP contribution in [0, 0.1) is 12.7 Å². The highest BCUT2D eigenvalue weighted by molar-refractivity contribution is 7.09. The second-order valence-electron chi connectivity index (χ2n) is 6.07. The minimum absolute atomic E-state index is 0.119. The molecule has 2 aromatic carbocycles. The van der Waals surface area contributed by atoms with Crippen molar-refractivity contribution in [2.75, 3.05) is 23.8 Å². The molecule has 3 rings (SSSR count). The molecule has 0 fully saturated rings.